The van der Waals surface area contributed by atoms with E-state index in [9.17, 15) is 4.39 Å². The second-order valence-corrected chi connectivity index (χ2v) is 11.7. The topological polar surface area (TPSA) is 78.9 Å². The van der Waals surface area contributed by atoms with Crippen LogP contribution in [0.25, 0.3) is 11.3 Å². The number of nitrogens with zero attached hydrogens (tertiary/aromatic N) is 4. The van der Waals surface area contributed by atoms with Crippen LogP contribution in [-0.4, -0.2) is 34.7 Å². The van der Waals surface area contributed by atoms with Gasteiger partial charge in [-0.25, -0.2) is 14.1 Å². The molecule has 2 rings (SSSR count). The zero-order chi connectivity index (χ0) is 15.5. The fourth-order valence-corrected chi connectivity index (χ4v) is 2.38. The van der Waals surface area contributed by atoms with Crippen LogP contribution in [-0.2, 0) is 11.5 Å². The molecule has 6 nitrogen and oxygen atoms in total. The van der Waals surface area contributed by atoms with Crippen molar-refractivity contribution in [2.24, 2.45) is 0 Å². The number of rotatable bonds is 6. The summed E-state index contributed by atoms with van der Waals surface area (Å²) in [5, 5.41) is 7.93. The lowest BCUT2D eigenvalue weighted by atomic mass is 10.2. The van der Waals surface area contributed by atoms with Gasteiger partial charge in [0.05, 0.1) is 6.20 Å². The first-order valence-electron chi connectivity index (χ1n) is 6.74. The Balaban J connectivity index is 1.93. The van der Waals surface area contributed by atoms with Crippen LogP contribution in [0, 0.1) is 5.82 Å². The Labute approximate surface area is 124 Å². The first-order valence-corrected chi connectivity index (χ1v) is 10.5. The lowest BCUT2D eigenvalue weighted by molar-refractivity contribution is 0.0772. The van der Waals surface area contributed by atoms with Gasteiger partial charge in [0.15, 0.2) is 11.6 Å². The molecule has 114 valence electrons. The van der Waals surface area contributed by atoms with Crippen LogP contribution in [0.2, 0.25) is 25.7 Å². The summed E-state index contributed by atoms with van der Waals surface area (Å²) in [6.07, 6.45) is 3.17. The van der Waals surface area contributed by atoms with E-state index in [4.69, 9.17) is 10.5 Å². The number of pyridine rings is 1. The number of hydrogen-bond acceptors (Lipinski definition) is 5. The molecule has 0 amide bonds. The second-order valence-electron chi connectivity index (χ2n) is 6.08. The molecule has 0 aliphatic carbocycles. The van der Waals surface area contributed by atoms with Crippen LogP contribution in [0.3, 0.4) is 0 Å². The Kier molecular flexibility index (Phi) is 4.68. The molecule has 2 aromatic rings. The number of nitrogen functional groups attached to an aromatic ring is 1. The van der Waals surface area contributed by atoms with Crippen molar-refractivity contribution in [2.45, 2.75) is 32.4 Å². The van der Waals surface area contributed by atoms with Gasteiger partial charge < -0.3 is 10.5 Å². The Bertz CT molecular complexity index is 611. The van der Waals surface area contributed by atoms with Gasteiger partial charge in [-0.3, -0.25) is 0 Å². The van der Waals surface area contributed by atoms with Gasteiger partial charge in [0, 0.05) is 26.4 Å². The third-order valence-electron chi connectivity index (χ3n) is 2.92. The van der Waals surface area contributed by atoms with Crippen molar-refractivity contribution < 1.29 is 9.13 Å². The number of ether oxygens (including phenoxy) is 1. The first-order chi connectivity index (χ1) is 9.85. The lowest BCUT2D eigenvalue weighted by Gasteiger charge is -2.15. The maximum absolute atomic E-state index is 13.4. The van der Waals surface area contributed by atoms with Crippen molar-refractivity contribution in [3.8, 4) is 11.3 Å². The van der Waals surface area contributed by atoms with Crippen molar-refractivity contribution in [3.05, 3.63) is 24.3 Å². The normalized spacial score (nSPS) is 11.8. The molecule has 0 atom stereocenters. The average molecular weight is 309 g/mol. The standard InChI is InChI=1S/C13H20FN5OSi/c1-21(2,3)5-4-20-9-19-8-12(17-18-19)10-6-11(14)13(15)16-7-10/h6-8H,4-5,9H2,1-3H3,(H2,15,16). The summed E-state index contributed by atoms with van der Waals surface area (Å²) in [6.45, 7) is 7.94. The highest BCUT2D eigenvalue weighted by molar-refractivity contribution is 6.76. The molecule has 0 saturated carbocycles. The van der Waals surface area contributed by atoms with Crippen LogP contribution >= 0.6 is 0 Å². The summed E-state index contributed by atoms with van der Waals surface area (Å²) in [5.74, 6) is -0.686. The monoisotopic (exact) mass is 309 g/mol. The molecule has 0 saturated heterocycles. The van der Waals surface area contributed by atoms with E-state index in [1.165, 1.54) is 12.3 Å². The Hall–Kier alpha value is -1.80. The fraction of sp³-hybridized carbons (Fsp3) is 0.462. The summed E-state index contributed by atoms with van der Waals surface area (Å²) in [6, 6.07) is 2.39. The zero-order valence-electron chi connectivity index (χ0n) is 12.5. The maximum Gasteiger partial charge on any atom is 0.165 e. The van der Waals surface area contributed by atoms with E-state index in [2.05, 4.69) is 34.9 Å². The van der Waals surface area contributed by atoms with Crippen LogP contribution in [0.4, 0.5) is 10.2 Å². The quantitative estimate of drug-likeness (QED) is 0.654. The zero-order valence-corrected chi connectivity index (χ0v) is 13.5. The fourth-order valence-electron chi connectivity index (χ4n) is 1.62. The van der Waals surface area contributed by atoms with Gasteiger partial charge in [0.2, 0.25) is 0 Å². The van der Waals surface area contributed by atoms with Gasteiger partial charge in [-0.15, -0.1) is 5.10 Å². The molecule has 0 spiro atoms. The van der Waals surface area contributed by atoms with Gasteiger partial charge >= 0.3 is 0 Å². The highest BCUT2D eigenvalue weighted by Gasteiger charge is 2.12. The van der Waals surface area contributed by atoms with Gasteiger partial charge in [0.1, 0.15) is 12.4 Å². The van der Waals surface area contributed by atoms with Crippen LogP contribution < -0.4 is 5.73 Å². The van der Waals surface area contributed by atoms with Gasteiger partial charge in [-0.1, -0.05) is 24.9 Å². The molecule has 0 aliphatic heterocycles. The van der Waals surface area contributed by atoms with Crippen molar-refractivity contribution in [1.29, 1.82) is 0 Å². The predicted molar refractivity (Wildman–Crippen MR) is 81.7 cm³/mol. The van der Waals surface area contributed by atoms with Gasteiger partial charge in [0.25, 0.3) is 0 Å². The largest absolute Gasteiger partial charge is 0.381 e. The smallest absolute Gasteiger partial charge is 0.165 e. The van der Waals surface area contributed by atoms with E-state index in [0.717, 1.165) is 6.04 Å². The molecule has 2 heterocycles. The molecule has 0 fully saturated rings. The third kappa shape index (κ3) is 4.61. The summed E-state index contributed by atoms with van der Waals surface area (Å²) in [5.41, 5.74) is 6.42. The van der Waals surface area contributed by atoms with Crippen LogP contribution in [0.5, 0.6) is 0 Å². The lowest BCUT2D eigenvalue weighted by Crippen LogP contribution is -2.22. The number of aromatic nitrogens is 4. The summed E-state index contributed by atoms with van der Waals surface area (Å²) in [4.78, 5) is 3.77. The predicted octanol–water partition coefficient (Wildman–Crippen LogP) is 2.37. The van der Waals surface area contributed by atoms with Crippen molar-refractivity contribution >= 4 is 13.9 Å². The molecule has 0 aliphatic rings. The van der Waals surface area contributed by atoms with E-state index in [1.54, 1.807) is 10.9 Å². The number of anilines is 1. The van der Waals surface area contributed by atoms with Crippen molar-refractivity contribution in [2.75, 3.05) is 12.3 Å². The van der Waals surface area contributed by atoms with Crippen LogP contribution in [0.1, 0.15) is 0 Å². The summed E-state index contributed by atoms with van der Waals surface area (Å²) in [7, 11) is -1.09. The molecule has 2 aromatic heterocycles. The molecule has 8 heteroatoms. The summed E-state index contributed by atoms with van der Waals surface area (Å²) >= 11 is 0. The van der Waals surface area contributed by atoms with Crippen molar-refractivity contribution in [1.82, 2.24) is 20.0 Å². The number of nitrogens with two attached hydrogens (primary N) is 1. The Morgan fingerprint density at radius 2 is 2.14 bits per heavy atom. The number of hydrogen-bond donors (Lipinski definition) is 1. The average Bonchev–Trinajstić information content (AvgIpc) is 2.86. The maximum atomic E-state index is 13.4. The van der Waals surface area contributed by atoms with E-state index in [0.29, 0.717) is 24.6 Å². The minimum absolute atomic E-state index is 0.124. The molecular weight excluding hydrogens is 289 g/mol. The van der Waals surface area contributed by atoms with Gasteiger partial charge in [-0.2, -0.15) is 0 Å². The van der Waals surface area contributed by atoms with E-state index >= 15 is 0 Å². The highest BCUT2D eigenvalue weighted by atomic mass is 28.3. The summed E-state index contributed by atoms with van der Waals surface area (Å²) < 4.78 is 20.5. The SMILES string of the molecule is C[Si](C)(C)CCOCn1cc(-c2cnc(N)c(F)c2)nn1. The number of halogens is 1. The minimum atomic E-state index is -1.09. The molecule has 0 radical (unpaired) electrons. The Morgan fingerprint density at radius 1 is 1.38 bits per heavy atom. The van der Waals surface area contributed by atoms with Crippen molar-refractivity contribution in [3.63, 3.8) is 0 Å². The van der Waals surface area contributed by atoms with Crippen LogP contribution in [0.15, 0.2) is 18.5 Å². The molecule has 0 aromatic carbocycles. The van der Waals surface area contributed by atoms with Gasteiger partial charge in [-0.05, 0) is 12.1 Å². The van der Waals surface area contributed by atoms with E-state index < -0.39 is 13.9 Å². The van der Waals surface area contributed by atoms with E-state index in [-0.39, 0.29) is 5.82 Å². The Morgan fingerprint density at radius 3 is 2.81 bits per heavy atom. The molecule has 2 N–H and O–H groups in total. The van der Waals surface area contributed by atoms with E-state index in [1.807, 2.05) is 0 Å². The molecule has 21 heavy (non-hydrogen) atoms. The molecule has 0 unspecified atom stereocenters. The second kappa shape index (κ2) is 6.31. The third-order valence-corrected chi connectivity index (χ3v) is 4.63. The highest BCUT2D eigenvalue weighted by Crippen LogP contribution is 2.18. The first kappa shape index (κ1) is 15.6. The molecule has 0 bridgehead atoms. The minimum Gasteiger partial charge on any atom is -0.381 e. The molecular formula is C13H20FN5OSi.